The molecule has 0 bridgehead atoms. The lowest BCUT2D eigenvalue weighted by atomic mass is 10.0. The molecule has 1 unspecified atom stereocenters. The molecule has 3 aromatic rings. The standard InChI is InChI=1S/C32H45N9O3/c1-22(2)26-21-34-41-29(26)37-31(36-24-13-17-44-18-14-24)38-32(41)33-20-23-9-7-10-25(19-23)35-30(43)27-11-5-6-16-40(27)28(42)12-8-15-39(3)4/h7-10,12,19,21-22,24,27H,5-6,11,13-18,20H2,1-4H3,(H,35,43)(H2,33,36,37,38). The molecule has 1 aromatic carbocycles. The predicted octanol–water partition coefficient (Wildman–Crippen LogP) is 3.89. The Labute approximate surface area is 259 Å². The van der Waals surface area contributed by atoms with Gasteiger partial charge in [0.05, 0.1) is 6.20 Å². The second kappa shape index (κ2) is 14.6. The molecule has 0 spiro atoms. The van der Waals surface area contributed by atoms with Gasteiger partial charge in [-0.2, -0.15) is 19.6 Å². The first-order valence-corrected chi connectivity index (χ1v) is 15.6. The molecule has 3 N–H and O–H groups in total. The fourth-order valence-corrected chi connectivity index (χ4v) is 5.60. The lowest BCUT2D eigenvalue weighted by Gasteiger charge is -2.34. The van der Waals surface area contributed by atoms with Crippen molar-refractivity contribution in [2.75, 3.05) is 56.3 Å². The van der Waals surface area contributed by atoms with Gasteiger partial charge in [-0.15, -0.1) is 0 Å². The Morgan fingerprint density at radius 2 is 1.95 bits per heavy atom. The topological polar surface area (TPSA) is 129 Å². The number of piperidine rings is 1. The van der Waals surface area contributed by atoms with Crippen molar-refractivity contribution in [3.8, 4) is 0 Å². The molecule has 2 aromatic heterocycles. The van der Waals surface area contributed by atoms with Gasteiger partial charge in [0, 0.05) is 56.2 Å². The SMILES string of the molecule is CC(C)c1cnn2c(NCc3cccc(NC(=O)C4CCCCN4C(=O)C=CCN(C)C)c3)nc(NC3CCOCC3)nc12. The summed E-state index contributed by atoms with van der Waals surface area (Å²) in [6, 6.07) is 7.49. The molecule has 0 aliphatic carbocycles. The van der Waals surface area contributed by atoms with Crippen LogP contribution in [0, 0.1) is 0 Å². The molecule has 2 amide bonds. The maximum Gasteiger partial charge on any atom is 0.247 e. The highest BCUT2D eigenvalue weighted by molar-refractivity contribution is 5.99. The zero-order valence-corrected chi connectivity index (χ0v) is 26.3. The lowest BCUT2D eigenvalue weighted by molar-refractivity contribution is -0.136. The molecule has 12 nitrogen and oxygen atoms in total. The normalized spacial score (nSPS) is 18.0. The van der Waals surface area contributed by atoms with Gasteiger partial charge in [0.15, 0.2) is 5.65 Å². The molecule has 44 heavy (non-hydrogen) atoms. The highest BCUT2D eigenvalue weighted by Crippen LogP contribution is 2.24. The molecule has 1 atom stereocenters. The minimum Gasteiger partial charge on any atom is -0.381 e. The number of rotatable bonds is 11. The number of nitrogens with zero attached hydrogens (tertiary/aromatic N) is 6. The fourth-order valence-electron chi connectivity index (χ4n) is 5.60. The van der Waals surface area contributed by atoms with E-state index in [2.05, 4.69) is 34.9 Å². The van der Waals surface area contributed by atoms with E-state index in [1.54, 1.807) is 15.5 Å². The number of amides is 2. The average molecular weight is 604 g/mol. The molecule has 2 fully saturated rings. The second-order valence-electron chi connectivity index (χ2n) is 12.1. The number of likely N-dealkylation sites (tertiary alicyclic amines) is 1. The van der Waals surface area contributed by atoms with Crippen molar-refractivity contribution in [1.82, 2.24) is 29.4 Å². The van der Waals surface area contributed by atoms with Crippen LogP contribution < -0.4 is 16.0 Å². The maximum absolute atomic E-state index is 13.4. The molecule has 2 aliphatic heterocycles. The molecule has 2 saturated heterocycles. The summed E-state index contributed by atoms with van der Waals surface area (Å²) in [5, 5.41) is 14.6. The van der Waals surface area contributed by atoms with Crippen molar-refractivity contribution in [2.24, 2.45) is 0 Å². The van der Waals surface area contributed by atoms with Gasteiger partial charge in [0.2, 0.25) is 23.7 Å². The zero-order valence-electron chi connectivity index (χ0n) is 26.3. The number of fused-ring (bicyclic) bond motifs is 1. The summed E-state index contributed by atoms with van der Waals surface area (Å²) < 4.78 is 7.25. The van der Waals surface area contributed by atoms with Crippen LogP contribution in [0.4, 0.5) is 17.6 Å². The van der Waals surface area contributed by atoms with Crippen molar-refractivity contribution in [1.29, 1.82) is 0 Å². The third-order valence-corrected chi connectivity index (χ3v) is 8.04. The van der Waals surface area contributed by atoms with Crippen molar-refractivity contribution in [2.45, 2.75) is 70.5 Å². The molecular formula is C32H45N9O3. The maximum atomic E-state index is 13.4. The van der Waals surface area contributed by atoms with Crippen molar-refractivity contribution < 1.29 is 14.3 Å². The summed E-state index contributed by atoms with van der Waals surface area (Å²) >= 11 is 0. The molecule has 12 heteroatoms. The summed E-state index contributed by atoms with van der Waals surface area (Å²) in [6.07, 6.45) is 9.55. The second-order valence-corrected chi connectivity index (χ2v) is 12.1. The largest absolute Gasteiger partial charge is 0.381 e. The quantitative estimate of drug-likeness (QED) is 0.280. The van der Waals surface area contributed by atoms with Gasteiger partial charge in [0.1, 0.15) is 6.04 Å². The van der Waals surface area contributed by atoms with Gasteiger partial charge in [-0.1, -0.05) is 32.1 Å². The first-order valence-electron chi connectivity index (χ1n) is 15.6. The minimum atomic E-state index is -0.493. The van der Waals surface area contributed by atoms with Gasteiger partial charge in [0.25, 0.3) is 0 Å². The minimum absolute atomic E-state index is 0.120. The summed E-state index contributed by atoms with van der Waals surface area (Å²) in [6.45, 7) is 7.43. The van der Waals surface area contributed by atoms with Crippen LogP contribution in [0.25, 0.3) is 5.65 Å². The summed E-state index contributed by atoms with van der Waals surface area (Å²) in [5.74, 6) is 1.13. The summed E-state index contributed by atoms with van der Waals surface area (Å²) in [5.41, 5.74) is 3.48. The van der Waals surface area contributed by atoms with Crippen LogP contribution in [0.1, 0.15) is 63.0 Å². The third kappa shape index (κ3) is 7.92. The van der Waals surface area contributed by atoms with Crippen LogP contribution in [0.3, 0.4) is 0 Å². The van der Waals surface area contributed by atoms with E-state index in [9.17, 15) is 9.59 Å². The highest BCUT2D eigenvalue weighted by Gasteiger charge is 2.31. The lowest BCUT2D eigenvalue weighted by Crippen LogP contribution is -2.49. The van der Waals surface area contributed by atoms with E-state index in [0.29, 0.717) is 43.6 Å². The Bertz CT molecular complexity index is 1460. The monoisotopic (exact) mass is 603 g/mol. The van der Waals surface area contributed by atoms with Gasteiger partial charge in [-0.3, -0.25) is 9.59 Å². The van der Waals surface area contributed by atoms with E-state index >= 15 is 0 Å². The Balaban J connectivity index is 1.28. The number of likely N-dealkylation sites (N-methyl/N-ethyl adjacent to an activating group) is 1. The number of carbonyl (C=O) groups is 2. The van der Waals surface area contributed by atoms with E-state index in [-0.39, 0.29) is 23.8 Å². The van der Waals surface area contributed by atoms with E-state index in [1.165, 1.54) is 0 Å². The molecule has 2 aliphatic rings. The van der Waals surface area contributed by atoms with Crippen LogP contribution in [0.2, 0.25) is 0 Å². The molecule has 0 radical (unpaired) electrons. The Hall–Kier alpha value is -4.03. The van der Waals surface area contributed by atoms with Crippen molar-refractivity contribution in [3.63, 3.8) is 0 Å². The Kier molecular flexibility index (Phi) is 10.4. The number of hydrogen-bond acceptors (Lipinski definition) is 9. The average Bonchev–Trinajstić information content (AvgIpc) is 3.45. The van der Waals surface area contributed by atoms with E-state index in [4.69, 9.17) is 14.7 Å². The van der Waals surface area contributed by atoms with Crippen LogP contribution in [0.15, 0.2) is 42.6 Å². The number of anilines is 3. The van der Waals surface area contributed by atoms with E-state index in [0.717, 1.165) is 55.7 Å². The fraction of sp³-hybridized carbons (Fsp3) is 0.531. The van der Waals surface area contributed by atoms with Gasteiger partial charge >= 0.3 is 0 Å². The van der Waals surface area contributed by atoms with Crippen LogP contribution >= 0.6 is 0 Å². The summed E-state index contributed by atoms with van der Waals surface area (Å²) in [7, 11) is 3.90. The van der Waals surface area contributed by atoms with Gasteiger partial charge < -0.3 is 30.5 Å². The number of benzene rings is 1. The number of nitrogens with one attached hydrogen (secondary N) is 3. The van der Waals surface area contributed by atoms with Crippen molar-refractivity contribution in [3.05, 3.63) is 53.7 Å². The molecule has 5 rings (SSSR count). The predicted molar refractivity (Wildman–Crippen MR) is 172 cm³/mol. The molecule has 4 heterocycles. The first kappa shape index (κ1) is 31.4. The van der Waals surface area contributed by atoms with Crippen LogP contribution in [-0.2, 0) is 20.9 Å². The number of hydrogen-bond donors (Lipinski definition) is 3. The smallest absolute Gasteiger partial charge is 0.247 e. The number of aromatic nitrogens is 4. The van der Waals surface area contributed by atoms with Crippen LogP contribution in [0.5, 0.6) is 0 Å². The van der Waals surface area contributed by atoms with Gasteiger partial charge in [-0.25, -0.2) is 0 Å². The van der Waals surface area contributed by atoms with Crippen LogP contribution in [-0.4, -0.2) is 93.7 Å². The van der Waals surface area contributed by atoms with Crippen molar-refractivity contribution >= 4 is 35.0 Å². The van der Waals surface area contributed by atoms with E-state index < -0.39 is 6.04 Å². The Morgan fingerprint density at radius 3 is 2.73 bits per heavy atom. The molecule has 0 saturated carbocycles. The molecule has 236 valence electrons. The molecular weight excluding hydrogens is 558 g/mol. The first-order chi connectivity index (χ1) is 21.3. The van der Waals surface area contributed by atoms with Gasteiger partial charge in [-0.05, 0) is 69.8 Å². The highest BCUT2D eigenvalue weighted by atomic mass is 16.5. The zero-order chi connectivity index (χ0) is 31.1. The number of ether oxygens (including phenoxy) is 1. The van der Waals surface area contributed by atoms with E-state index in [1.807, 2.05) is 55.5 Å². The third-order valence-electron chi connectivity index (χ3n) is 8.04. The Morgan fingerprint density at radius 1 is 1.14 bits per heavy atom. The number of carbonyl (C=O) groups excluding carboxylic acids is 2. The summed E-state index contributed by atoms with van der Waals surface area (Å²) in [4.78, 5) is 39.5.